The van der Waals surface area contributed by atoms with E-state index >= 15 is 0 Å². The maximum absolute atomic E-state index is 12.8. The number of amides is 1. The van der Waals surface area contributed by atoms with Gasteiger partial charge in [0.2, 0.25) is 5.88 Å². The fourth-order valence-corrected chi connectivity index (χ4v) is 2.41. The lowest BCUT2D eigenvalue weighted by Crippen LogP contribution is -2.30. The lowest BCUT2D eigenvalue weighted by atomic mass is 10.2. The maximum atomic E-state index is 12.8. The highest BCUT2D eigenvalue weighted by molar-refractivity contribution is 7.98. The number of thioether (sulfide) groups is 1. The smallest absolute Gasteiger partial charge is 0.416 e. The monoisotopic (exact) mass is 370 g/mol. The van der Waals surface area contributed by atoms with E-state index < -0.39 is 11.7 Å². The zero-order chi connectivity index (χ0) is 18.6. The summed E-state index contributed by atoms with van der Waals surface area (Å²) in [6, 6.07) is 7.60. The third-order valence-electron chi connectivity index (χ3n) is 3.05. The minimum atomic E-state index is -4.46. The Balaban J connectivity index is 2.32. The molecule has 0 fully saturated rings. The zero-order valence-corrected chi connectivity index (χ0v) is 14.7. The summed E-state index contributed by atoms with van der Waals surface area (Å²) in [6.45, 7) is 3.63. The molecule has 8 heteroatoms. The van der Waals surface area contributed by atoms with Crippen molar-refractivity contribution in [3.05, 3.63) is 47.7 Å². The molecule has 1 aromatic carbocycles. The molecule has 1 aromatic heterocycles. The molecule has 2 aromatic rings. The van der Waals surface area contributed by atoms with Gasteiger partial charge in [0.05, 0.1) is 5.56 Å². The lowest BCUT2D eigenvalue weighted by Gasteiger charge is -2.12. The first-order chi connectivity index (χ1) is 11.7. The molecule has 0 atom stereocenters. The minimum Gasteiger partial charge on any atom is -0.439 e. The summed E-state index contributed by atoms with van der Waals surface area (Å²) in [5.41, 5.74) is -0.675. The highest BCUT2D eigenvalue weighted by Gasteiger charge is 2.30. The van der Waals surface area contributed by atoms with Crippen LogP contribution in [0.2, 0.25) is 0 Å². The van der Waals surface area contributed by atoms with E-state index in [1.54, 1.807) is 12.1 Å². The number of nitrogens with zero attached hydrogens (tertiary/aromatic N) is 1. The van der Waals surface area contributed by atoms with Crippen molar-refractivity contribution in [1.29, 1.82) is 0 Å². The van der Waals surface area contributed by atoms with Crippen LogP contribution in [0.4, 0.5) is 13.2 Å². The summed E-state index contributed by atoms with van der Waals surface area (Å²) in [5.74, 6) is -0.323. The Hall–Kier alpha value is -2.22. The Morgan fingerprint density at radius 3 is 2.56 bits per heavy atom. The van der Waals surface area contributed by atoms with Gasteiger partial charge in [-0.3, -0.25) is 4.79 Å². The molecule has 0 aliphatic heterocycles. The molecule has 0 radical (unpaired) electrons. The molecule has 1 heterocycles. The Morgan fingerprint density at radius 2 is 1.96 bits per heavy atom. The van der Waals surface area contributed by atoms with Gasteiger partial charge in [-0.05, 0) is 44.4 Å². The van der Waals surface area contributed by atoms with Crippen molar-refractivity contribution in [2.75, 3.05) is 6.26 Å². The number of aromatic nitrogens is 1. The van der Waals surface area contributed by atoms with Gasteiger partial charge >= 0.3 is 6.18 Å². The second-order valence-electron chi connectivity index (χ2n) is 5.49. The Bertz CT molecular complexity index is 764. The van der Waals surface area contributed by atoms with Crippen LogP contribution in [0.3, 0.4) is 0 Å². The summed E-state index contributed by atoms with van der Waals surface area (Å²) in [4.78, 5) is 16.9. The van der Waals surface area contributed by atoms with Gasteiger partial charge in [-0.25, -0.2) is 4.98 Å². The maximum Gasteiger partial charge on any atom is 0.416 e. The van der Waals surface area contributed by atoms with Crippen molar-refractivity contribution in [1.82, 2.24) is 10.3 Å². The molecule has 0 aliphatic rings. The first kappa shape index (κ1) is 19.1. The number of alkyl halides is 3. The summed E-state index contributed by atoms with van der Waals surface area (Å²) >= 11 is 1.37. The quantitative estimate of drug-likeness (QED) is 0.772. The van der Waals surface area contributed by atoms with Crippen LogP contribution in [-0.4, -0.2) is 23.2 Å². The van der Waals surface area contributed by atoms with E-state index in [-0.39, 0.29) is 29.3 Å². The van der Waals surface area contributed by atoms with Crippen molar-refractivity contribution in [2.24, 2.45) is 0 Å². The summed E-state index contributed by atoms with van der Waals surface area (Å²) in [5, 5.41) is 2.72. The normalized spacial score (nSPS) is 11.5. The minimum absolute atomic E-state index is 0.00389. The average molecular weight is 370 g/mol. The fraction of sp³-hybridized carbons (Fsp3) is 0.294. The van der Waals surface area contributed by atoms with Crippen LogP contribution in [0.25, 0.3) is 0 Å². The standard InChI is InChI=1S/C17H17F3N2O2S/c1-10(2)21-16(23)14-8-13(25-3)9-15(22-14)24-12-6-4-5-11(7-12)17(18,19)20/h4-10H,1-3H3,(H,21,23). The van der Waals surface area contributed by atoms with Gasteiger partial charge in [0.25, 0.3) is 5.91 Å². The molecule has 0 aliphatic carbocycles. The number of rotatable bonds is 5. The second-order valence-corrected chi connectivity index (χ2v) is 6.37. The molecule has 4 nitrogen and oxygen atoms in total. The van der Waals surface area contributed by atoms with Crippen LogP contribution in [0, 0.1) is 0 Å². The van der Waals surface area contributed by atoms with Gasteiger partial charge in [-0.2, -0.15) is 13.2 Å². The third-order valence-corrected chi connectivity index (χ3v) is 3.75. The number of nitrogens with one attached hydrogen (secondary N) is 1. The Kier molecular flexibility index (Phi) is 5.94. The number of hydrogen-bond donors (Lipinski definition) is 1. The number of carbonyl (C=O) groups is 1. The van der Waals surface area contributed by atoms with E-state index in [0.29, 0.717) is 4.90 Å². The Morgan fingerprint density at radius 1 is 1.24 bits per heavy atom. The zero-order valence-electron chi connectivity index (χ0n) is 13.8. The summed E-state index contributed by atoms with van der Waals surface area (Å²) in [7, 11) is 0. The molecular formula is C17H17F3N2O2S. The molecule has 0 spiro atoms. The number of benzene rings is 1. The van der Waals surface area contributed by atoms with Gasteiger partial charge in [0.1, 0.15) is 11.4 Å². The third kappa shape index (κ3) is 5.38. The molecule has 2 rings (SSSR count). The van der Waals surface area contributed by atoms with Crippen molar-refractivity contribution in [2.45, 2.75) is 31.0 Å². The number of hydrogen-bond acceptors (Lipinski definition) is 4. The molecular weight excluding hydrogens is 353 g/mol. The topological polar surface area (TPSA) is 51.2 Å². The lowest BCUT2D eigenvalue weighted by molar-refractivity contribution is -0.137. The summed E-state index contributed by atoms with van der Waals surface area (Å²) in [6.07, 6.45) is -2.65. The molecule has 1 N–H and O–H groups in total. The predicted octanol–water partition coefficient (Wildman–Crippen LogP) is 4.75. The van der Waals surface area contributed by atoms with Gasteiger partial charge < -0.3 is 10.1 Å². The predicted molar refractivity (Wildman–Crippen MR) is 90.1 cm³/mol. The van der Waals surface area contributed by atoms with Crippen molar-refractivity contribution >= 4 is 17.7 Å². The van der Waals surface area contributed by atoms with E-state index in [9.17, 15) is 18.0 Å². The van der Waals surface area contributed by atoms with E-state index in [1.807, 2.05) is 20.1 Å². The van der Waals surface area contributed by atoms with Crippen LogP contribution < -0.4 is 10.1 Å². The molecule has 0 unspecified atom stereocenters. The molecule has 25 heavy (non-hydrogen) atoms. The van der Waals surface area contributed by atoms with Crippen molar-refractivity contribution < 1.29 is 22.7 Å². The number of carbonyl (C=O) groups excluding carboxylic acids is 1. The Labute approximate surface area is 147 Å². The second kappa shape index (κ2) is 7.77. The van der Waals surface area contributed by atoms with E-state index in [2.05, 4.69) is 10.3 Å². The van der Waals surface area contributed by atoms with Crippen LogP contribution >= 0.6 is 11.8 Å². The van der Waals surface area contributed by atoms with Gasteiger partial charge in [0.15, 0.2) is 0 Å². The van der Waals surface area contributed by atoms with Crippen LogP contribution in [0.1, 0.15) is 29.9 Å². The van der Waals surface area contributed by atoms with Crippen LogP contribution in [0.15, 0.2) is 41.3 Å². The molecule has 0 saturated heterocycles. The highest BCUT2D eigenvalue weighted by atomic mass is 32.2. The first-order valence-corrected chi connectivity index (χ1v) is 8.63. The average Bonchev–Trinajstić information content (AvgIpc) is 2.53. The largest absolute Gasteiger partial charge is 0.439 e. The highest BCUT2D eigenvalue weighted by Crippen LogP contribution is 2.33. The SMILES string of the molecule is CSc1cc(Oc2cccc(C(F)(F)F)c2)nc(C(=O)NC(C)C)c1. The van der Waals surface area contributed by atoms with Gasteiger partial charge in [0, 0.05) is 17.0 Å². The van der Waals surface area contributed by atoms with E-state index in [1.165, 1.54) is 23.9 Å². The van der Waals surface area contributed by atoms with Crippen LogP contribution in [0.5, 0.6) is 11.6 Å². The van der Waals surface area contributed by atoms with Crippen LogP contribution in [-0.2, 0) is 6.18 Å². The number of halogens is 3. The van der Waals surface area contributed by atoms with Crippen molar-refractivity contribution in [3.8, 4) is 11.6 Å². The number of ether oxygens (including phenoxy) is 1. The fourth-order valence-electron chi connectivity index (χ4n) is 1.96. The number of pyridine rings is 1. The molecule has 0 saturated carbocycles. The van der Waals surface area contributed by atoms with Gasteiger partial charge in [-0.1, -0.05) is 6.07 Å². The molecule has 0 bridgehead atoms. The molecule has 1 amide bonds. The molecule has 134 valence electrons. The van der Waals surface area contributed by atoms with E-state index in [4.69, 9.17) is 4.74 Å². The van der Waals surface area contributed by atoms with Crippen molar-refractivity contribution in [3.63, 3.8) is 0 Å². The van der Waals surface area contributed by atoms with E-state index in [0.717, 1.165) is 12.1 Å². The van der Waals surface area contributed by atoms with Gasteiger partial charge in [-0.15, -0.1) is 11.8 Å². The summed E-state index contributed by atoms with van der Waals surface area (Å²) < 4.78 is 43.8. The first-order valence-electron chi connectivity index (χ1n) is 7.41.